The summed E-state index contributed by atoms with van der Waals surface area (Å²) in [7, 11) is 0. The Labute approximate surface area is 216 Å². The van der Waals surface area contributed by atoms with Gasteiger partial charge in [0.15, 0.2) is 0 Å². The number of hydrogen-bond donors (Lipinski definition) is 0. The molecule has 1 atom stereocenters. The fourth-order valence-electron chi connectivity index (χ4n) is 5.39. The third-order valence-corrected chi connectivity index (χ3v) is 7.39. The second-order valence-electron chi connectivity index (χ2n) is 9.81. The second kappa shape index (κ2) is 11.2. The maximum Gasteiger partial charge on any atom is 0.241 e. The Balaban J connectivity index is 1.25. The molecule has 1 fully saturated rings. The molecular formula is C30H31F2N3O2. The lowest BCUT2D eigenvalue weighted by Gasteiger charge is -2.35. The minimum atomic E-state index is -0.387. The molecule has 37 heavy (non-hydrogen) atoms. The van der Waals surface area contributed by atoms with Gasteiger partial charge < -0.3 is 9.80 Å². The summed E-state index contributed by atoms with van der Waals surface area (Å²) in [5.74, 6) is -0.693. The minimum Gasteiger partial charge on any atom is -0.340 e. The molecule has 0 radical (unpaired) electrons. The maximum absolute atomic E-state index is 14.3. The van der Waals surface area contributed by atoms with E-state index in [9.17, 15) is 18.4 Å². The van der Waals surface area contributed by atoms with Crippen molar-refractivity contribution >= 4 is 17.5 Å². The van der Waals surface area contributed by atoms with Crippen molar-refractivity contribution < 1.29 is 18.4 Å². The molecule has 192 valence electrons. The van der Waals surface area contributed by atoms with E-state index in [0.717, 1.165) is 29.5 Å². The molecule has 2 aliphatic rings. The van der Waals surface area contributed by atoms with Gasteiger partial charge >= 0.3 is 0 Å². The van der Waals surface area contributed by atoms with Crippen LogP contribution >= 0.6 is 0 Å². The van der Waals surface area contributed by atoms with Gasteiger partial charge in [0.25, 0.3) is 0 Å². The predicted molar refractivity (Wildman–Crippen MR) is 139 cm³/mol. The molecule has 0 aliphatic carbocycles. The normalized spacial score (nSPS) is 18.3. The number of nitrogens with zero attached hydrogens (tertiary/aromatic N) is 3. The summed E-state index contributed by atoms with van der Waals surface area (Å²) in [5, 5.41) is 0. The van der Waals surface area contributed by atoms with Gasteiger partial charge in [0.2, 0.25) is 11.8 Å². The van der Waals surface area contributed by atoms with Crippen LogP contribution in [0.5, 0.6) is 0 Å². The summed E-state index contributed by atoms with van der Waals surface area (Å²) in [6.07, 6.45) is 1.92. The van der Waals surface area contributed by atoms with Crippen LogP contribution in [0.15, 0.2) is 72.8 Å². The first-order valence-corrected chi connectivity index (χ1v) is 12.9. The van der Waals surface area contributed by atoms with Gasteiger partial charge in [-0.2, -0.15) is 0 Å². The van der Waals surface area contributed by atoms with Gasteiger partial charge in [-0.3, -0.25) is 14.5 Å². The lowest BCUT2D eigenvalue weighted by molar-refractivity contribution is -0.132. The van der Waals surface area contributed by atoms with E-state index < -0.39 is 0 Å². The molecule has 0 aromatic heterocycles. The summed E-state index contributed by atoms with van der Waals surface area (Å²) < 4.78 is 27.9. The van der Waals surface area contributed by atoms with Crippen molar-refractivity contribution in [3.63, 3.8) is 0 Å². The van der Waals surface area contributed by atoms with Crippen LogP contribution in [0, 0.1) is 11.6 Å². The van der Waals surface area contributed by atoms with Crippen molar-refractivity contribution in [1.29, 1.82) is 0 Å². The number of halogens is 2. The summed E-state index contributed by atoms with van der Waals surface area (Å²) in [5.41, 5.74) is 3.43. The Morgan fingerprint density at radius 1 is 0.784 bits per heavy atom. The van der Waals surface area contributed by atoms with E-state index in [1.165, 1.54) is 24.3 Å². The number of anilines is 1. The minimum absolute atomic E-state index is 0.0341. The zero-order valence-electron chi connectivity index (χ0n) is 20.8. The summed E-state index contributed by atoms with van der Waals surface area (Å²) in [4.78, 5) is 31.8. The molecule has 0 spiro atoms. The average Bonchev–Trinajstić information content (AvgIpc) is 3.09. The lowest BCUT2D eigenvalue weighted by atomic mass is 9.87. The van der Waals surface area contributed by atoms with Gasteiger partial charge in [-0.15, -0.1) is 0 Å². The van der Waals surface area contributed by atoms with Gasteiger partial charge in [0.1, 0.15) is 11.6 Å². The topological polar surface area (TPSA) is 43.9 Å². The Hall–Kier alpha value is -3.58. The van der Waals surface area contributed by atoms with E-state index in [2.05, 4.69) is 4.90 Å². The van der Waals surface area contributed by atoms with Gasteiger partial charge in [-0.05, 0) is 53.8 Å². The highest BCUT2D eigenvalue weighted by molar-refractivity contribution is 5.96. The Kier molecular flexibility index (Phi) is 7.60. The first-order valence-electron chi connectivity index (χ1n) is 12.9. The van der Waals surface area contributed by atoms with Gasteiger partial charge in [-0.25, -0.2) is 8.78 Å². The summed E-state index contributed by atoms with van der Waals surface area (Å²) in [6.45, 7) is 3.12. The average molecular weight is 504 g/mol. The molecule has 5 rings (SSSR count). The van der Waals surface area contributed by atoms with Crippen molar-refractivity contribution in [2.45, 2.75) is 25.2 Å². The zero-order chi connectivity index (χ0) is 25.8. The van der Waals surface area contributed by atoms with Crippen molar-refractivity contribution in [2.75, 3.05) is 44.2 Å². The molecule has 2 amide bonds. The number of carbonyl (C=O) groups is 2. The highest BCUT2D eigenvalue weighted by Crippen LogP contribution is 2.39. The van der Waals surface area contributed by atoms with E-state index >= 15 is 0 Å². The molecule has 7 heteroatoms. The second-order valence-corrected chi connectivity index (χ2v) is 9.81. The first-order chi connectivity index (χ1) is 18.0. The first kappa shape index (κ1) is 25.1. The quantitative estimate of drug-likeness (QED) is 0.511. The maximum atomic E-state index is 14.3. The molecular weight excluding hydrogens is 472 g/mol. The van der Waals surface area contributed by atoms with Crippen molar-refractivity contribution in [1.82, 2.24) is 9.80 Å². The monoisotopic (exact) mass is 503 g/mol. The fourth-order valence-corrected chi connectivity index (χ4v) is 5.39. The number of carbonyl (C=O) groups excluding carboxylic acids is 2. The standard InChI is InChI=1S/C30H31F2N3O2/c31-24-10-8-23(9-11-24)26-7-4-14-35(28-20-25(32)12-13-27(26)28)30(37)21-33-15-17-34(18-16-33)29(36)19-22-5-2-1-3-6-22/h1-3,5-6,8-13,20,26H,4,7,14-19,21H2. The third kappa shape index (κ3) is 5.88. The molecule has 2 heterocycles. The molecule has 0 bridgehead atoms. The largest absolute Gasteiger partial charge is 0.340 e. The Morgan fingerprint density at radius 3 is 2.22 bits per heavy atom. The number of fused-ring (bicyclic) bond motifs is 1. The van der Waals surface area contributed by atoms with Crippen LogP contribution in [-0.4, -0.2) is 60.9 Å². The lowest BCUT2D eigenvalue weighted by Crippen LogP contribution is -2.52. The fraction of sp³-hybridized carbons (Fsp3) is 0.333. The molecule has 0 saturated carbocycles. The predicted octanol–water partition coefficient (Wildman–Crippen LogP) is 4.61. The highest BCUT2D eigenvalue weighted by Gasteiger charge is 2.30. The molecule has 3 aromatic rings. The summed E-state index contributed by atoms with van der Waals surface area (Å²) >= 11 is 0. The number of hydrogen-bond acceptors (Lipinski definition) is 3. The van der Waals surface area contributed by atoms with Crippen molar-refractivity contribution in [2.24, 2.45) is 0 Å². The van der Waals surface area contributed by atoms with Crippen LogP contribution in [0.2, 0.25) is 0 Å². The van der Waals surface area contributed by atoms with E-state index in [0.29, 0.717) is 44.8 Å². The Morgan fingerprint density at radius 2 is 1.49 bits per heavy atom. The van der Waals surface area contributed by atoms with Crippen LogP contribution in [0.3, 0.4) is 0 Å². The molecule has 1 unspecified atom stereocenters. The smallest absolute Gasteiger partial charge is 0.241 e. The molecule has 1 saturated heterocycles. The number of rotatable bonds is 5. The summed E-state index contributed by atoms with van der Waals surface area (Å²) in [6, 6.07) is 20.7. The zero-order valence-corrected chi connectivity index (χ0v) is 20.8. The number of amides is 2. The van der Waals surface area contributed by atoms with E-state index in [1.807, 2.05) is 35.2 Å². The SMILES string of the molecule is O=C(Cc1ccccc1)N1CCN(CC(=O)N2CCCC(c3ccc(F)cc3)c3ccc(F)cc32)CC1. The van der Waals surface area contributed by atoms with Gasteiger partial charge in [-0.1, -0.05) is 48.5 Å². The van der Waals surface area contributed by atoms with E-state index in [1.54, 1.807) is 23.1 Å². The van der Waals surface area contributed by atoms with Crippen LogP contribution < -0.4 is 4.90 Å². The molecule has 2 aliphatic heterocycles. The molecule has 0 N–H and O–H groups in total. The van der Waals surface area contributed by atoms with Gasteiger partial charge in [0, 0.05) is 38.6 Å². The molecule has 5 nitrogen and oxygen atoms in total. The Bertz CT molecular complexity index is 1240. The highest BCUT2D eigenvalue weighted by atomic mass is 19.1. The third-order valence-electron chi connectivity index (χ3n) is 7.39. The number of piperazine rings is 1. The van der Waals surface area contributed by atoms with Crippen LogP contribution in [0.1, 0.15) is 35.4 Å². The van der Waals surface area contributed by atoms with Crippen LogP contribution in [0.4, 0.5) is 14.5 Å². The van der Waals surface area contributed by atoms with Crippen molar-refractivity contribution in [3.8, 4) is 0 Å². The van der Waals surface area contributed by atoms with Crippen molar-refractivity contribution in [3.05, 3.63) is 101 Å². The van der Waals surface area contributed by atoms with Gasteiger partial charge in [0.05, 0.1) is 18.7 Å². The number of benzene rings is 3. The van der Waals surface area contributed by atoms with E-state index in [4.69, 9.17) is 0 Å². The van der Waals surface area contributed by atoms with Crippen LogP contribution in [0.25, 0.3) is 0 Å². The van der Waals surface area contributed by atoms with E-state index in [-0.39, 0.29) is 35.9 Å². The van der Waals surface area contributed by atoms with Crippen LogP contribution in [-0.2, 0) is 16.0 Å². The molecule has 3 aromatic carbocycles.